The Morgan fingerprint density at radius 3 is 2.22 bits per heavy atom. The maximum atomic E-state index is 12.7. The Bertz CT molecular complexity index is 1170. The van der Waals surface area contributed by atoms with Crippen LogP contribution in [-0.4, -0.2) is 28.9 Å². The smallest absolute Gasteiger partial charge is 0.475 e. The Kier molecular flexibility index (Phi) is 6.64. The van der Waals surface area contributed by atoms with Crippen LogP contribution in [0.5, 0.6) is 0 Å². The third kappa shape index (κ3) is 4.97. The summed E-state index contributed by atoms with van der Waals surface area (Å²) in [5, 5.41) is 10.5. The molecule has 4 N–H and O–H groups in total. The lowest BCUT2D eigenvalue weighted by Gasteiger charge is -2.19. The molecular weight excluding hydrogens is 445 g/mol. The van der Waals surface area contributed by atoms with Gasteiger partial charge in [-0.3, -0.25) is 9.59 Å². The van der Waals surface area contributed by atoms with Crippen molar-refractivity contribution in [3.05, 3.63) is 76.2 Å². The van der Waals surface area contributed by atoms with E-state index in [4.69, 9.17) is 15.6 Å². The molecule has 1 amide bonds. The minimum atomic E-state index is -5.08. The monoisotopic (exact) mass is 462 g/mol. The van der Waals surface area contributed by atoms with Gasteiger partial charge in [0.2, 0.25) is 0 Å². The predicted octanol–water partition coefficient (Wildman–Crippen LogP) is 4.50. The highest BCUT2D eigenvalue weighted by Gasteiger charge is 2.38. The van der Waals surface area contributed by atoms with Crippen LogP contribution in [0.25, 0.3) is 10.4 Å². The van der Waals surface area contributed by atoms with Gasteiger partial charge in [-0.15, -0.1) is 11.3 Å². The van der Waals surface area contributed by atoms with Gasteiger partial charge in [0.1, 0.15) is 0 Å². The van der Waals surface area contributed by atoms with Gasteiger partial charge in [-0.2, -0.15) is 13.2 Å². The number of ketones is 1. The summed E-state index contributed by atoms with van der Waals surface area (Å²) in [5.74, 6) is -3.25. The molecule has 0 aliphatic carbocycles. The quantitative estimate of drug-likeness (QED) is 0.495. The van der Waals surface area contributed by atoms with E-state index in [0.717, 1.165) is 27.3 Å². The molecule has 0 radical (unpaired) electrons. The van der Waals surface area contributed by atoms with Gasteiger partial charge < -0.3 is 16.2 Å². The number of alkyl halides is 3. The Morgan fingerprint density at radius 2 is 1.62 bits per heavy atom. The van der Waals surface area contributed by atoms with E-state index >= 15 is 0 Å². The number of rotatable bonds is 4. The fourth-order valence-corrected chi connectivity index (χ4v) is 4.43. The Balaban J connectivity index is 0.000000360. The zero-order valence-electron chi connectivity index (χ0n) is 16.4. The van der Waals surface area contributed by atoms with E-state index in [9.17, 15) is 22.8 Å². The van der Waals surface area contributed by atoms with E-state index in [0.29, 0.717) is 17.0 Å². The van der Waals surface area contributed by atoms with Crippen molar-refractivity contribution in [3.8, 4) is 10.4 Å². The number of carboxylic acid groups (broad SMARTS) is 1. The molecule has 0 fully saturated rings. The second-order valence-corrected chi connectivity index (χ2v) is 7.77. The first-order valence-corrected chi connectivity index (χ1v) is 10.1. The number of Topliss-reactive ketones (excluding diaryl/α,β-unsaturated/α-hetero) is 1. The van der Waals surface area contributed by atoms with Crippen molar-refractivity contribution >= 4 is 34.7 Å². The van der Waals surface area contributed by atoms with Gasteiger partial charge in [-0.05, 0) is 17.2 Å². The van der Waals surface area contributed by atoms with Crippen molar-refractivity contribution in [2.45, 2.75) is 19.1 Å². The minimum Gasteiger partial charge on any atom is -0.475 e. The van der Waals surface area contributed by atoms with Gasteiger partial charge in [-0.1, -0.05) is 48.5 Å². The zero-order chi connectivity index (χ0) is 23.5. The molecule has 10 heteroatoms. The number of halogens is 3. The van der Waals surface area contributed by atoms with Crippen molar-refractivity contribution in [3.63, 3.8) is 0 Å². The normalized spacial score (nSPS) is 11.8. The highest BCUT2D eigenvalue weighted by atomic mass is 32.1. The molecule has 0 saturated carbocycles. The molecule has 0 bridgehead atoms. The van der Waals surface area contributed by atoms with Crippen molar-refractivity contribution in [2.75, 3.05) is 5.32 Å². The number of carboxylic acids is 1. The molecule has 2 heterocycles. The average Bonchev–Trinajstić information content (AvgIpc) is 3.13. The summed E-state index contributed by atoms with van der Waals surface area (Å²) in [6.07, 6.45) is -4.90. The number of nitrogens with one attached hydrogen (secondary N) is 1. The zero-order valence-corrected chi connectivity index (χ0v) is 17.2. The van der Waals surface area contributed by atoms with E-state index < -0.39 is 18.1 Å². The summed E-state index contributed by atoms with van der Waals surface area (Å²) >= 11 is 1.38. The number of thiophene rings is 1. The van der Waals surface area contributed by atoms with Crippen LogP contribution in [0.15, 0.2) is 54.6 Å². The van der Waals surface area contributed by atoms with Crippen LogP contribution in [0, 0.1) is 0 Å². The van der Waals surface area contributed by atoms with Crippen LogP contribution in [0.1, 0.15) is 31.2 Å². The van der Waals surface area contributed by atoms with Gasteiger partial charge in [0.25, 0.3) is 5.91 Å². The number of aliphatic carboxylic acids is 1. The van der Waals surface area contributed by atoms with E-state index in [-0.39, 0.29) is 12.2 Å². The lowest BCUT2D eigenvalue weighted by molar-refractivity contribution is -0.192. The van der Waals surface area contributed by atoms with Crippen molar-refractivity contribution in [1.29, 1.82) is 0 Å². The second kappa shape index (κ2) is 9.23. The van der Waals surface area contributed by atoms with E-state index in [1.54, 1.807) is 12.1 Å². The number of hydrogen-bond donors (Lipinski definition) is 3. The molecule has 1 aliphatic rings. The molecule has 2 aromatic carbocycles. The van der Waals surface area contributed by atoms with Gasteiger partial charge in [0.15, 0.2) is 5.78 Å². The molecule has 0 unspecified atom stereocenters. The first kappa shape index (κ1) is 23.0. The number of carbonyl (C=O) groups excluding carboxylic acids is 2. The third-order valence-corrected chi connectivity index (χ3v) is 5.97. The molecule has 0 spiro atoms. The summed E-state index contributed by atoms with van der Waals surface area (Å²) in [7, 11) is 0. The standard InChI is InChI=1S/C20H16N2O2S.C2HF3O2/c21-20(24)19-14(10-17(23)12-6-2-1-3-7-12)15-11-22-16-9-5-4-8-13(16)18(15)25-19;3-2(4,5)1(6)7/h1-9,22H,10-11H2,(H2,21,24);(H,6,7). The number of nitrogens with two attached hydrogens (primary N) is 1. The van der Waals surface area contributed by atoms with Gasteiger partial charge in [-0.25, -0.2) is 4.79 Å². The summed E-state index contributed by atoms with van der Waals surface area (Å²) in [6, 6.07) is 17.1. The van der Waals surface area contributed by atoms with Gasteiger partial charge in [0, 0.05) is 34.7 Å². The number of anilines is 1. The topological polar surface area (TPSA) is 109 Å². The maximum absolute atomic E-state index is 12.7. The Hall–Kier alpha value is -3.66. The summed E-state index contributed by atoms with van der Waals surface area (Å²) in [6.45, 7) is 0.591. The van der Waals surface area contributed by atoms with Crippen LogP contribution in [0.3, 0.4) is 0 Å². The lowest BCUT2D eigenvalue weighted by Crippen LogP contribution is -2.21. The number of fused-ring (bicyclic) bond motifs is 3. The highest BCUT2D eigenvalue weighted by molar-refractivity contribution is 7.18. The molecule has 166 valence electrons. The second-order valence-electron chi connectivity index (χ2n) is 6.75. The molecule has 1 aromatic heterocycles. The molecular formula is C22H17F3N2O4S. The average molecular weight is 462 g/mol. The molecule has 0 atom stereocenters. The van der Waals surface area contributed by atoms with Crippen LogP contribution < -0.4 is 11.1 Å². The van der Waals surface area contributed by atoms with E-state index in [2.05, 4.69) is 5.32 Å². The lowest BCUT2D eigenvalue weighted by atomic mass is 9.95. The fraction of sp³-hybridized carbons (Fsp3) is 0.136. The SMILES string of the molecule is NC(=O)c1sc2c(c1CC(=O)c1ccccc1)CNc1ccccc1-2.O=C(O)C(F)(F)F. The van der Waals surface area contributed by atoms with Gasteiger partial charge >= 0.3 is 12.1 Å². The van der Waals surface area contributed by atoms with Crippen molar-refractivity contribution in [1.82, 2.24) is 0 Å². The first-order valence-electron chi connectivity index (χ1n) is 9.25. The van der Waals surface area contributed by atoms with Gasteiger partial charge in [0.05, 0.1) is 4.88 Å². The molecule has 4 rings (SSSR count). The Labute approximate surface area is 184 Å². The van der Waals surface area contributed by atoms with Crippen LogP contribution in [-0.2, 0) is 17.8 Å². The number of amides is 1. The summed E-state index contributed by atoms with van der Waals surface area (Å²) in [4.78, 5) is 35.0. The molecule has 6 nitrogen and oxygen atoms in total. The molecule has 0 saturated heterocycles. The van der Waals surface area contributed by atoms with E-state index in [1.807, 2.05) is 42.5 Å². The summed E-state index contributed by atoms with van der Waals surface area (Å²) in [5.41, 5.74) is 10.1. The van der Waals surface area contributed by atoms with E-state index in [1.165, 1.54) is 11.3 Å². The molecule has 32 heavy (non-hydrogen) atoms. The predicted molar refractivity (Wildman–Crippen MR) is 114 cm³/mol. The number of benzene rings is 2. The highest BCUT2D eigenvalue weighted by Crippen LogP contribution is 2.43. The van der Waals surface area contributed by atoms with Crippen LogP contribution in [0.2, 0.25) is 0 Å². The number of para-hydroxylation sites is 1. The fourth-order valence-electron chi connectivity index (χ4n) is 3.20. The van der Waals surface area contributed by atoms with Crippen LogP contribution >= 0.6 is 11.3 Å². The molecule has 3 aromatic rings. The minimum absolute atomic E-state index is 0.0115. The largest absolute Gasteiger partial charge is 0.490 e. The van der Waals surface area contributed by atoms with Crippen molar-refractivity contribution in [2.24, 2.45) is 5.73 Å². The first-order chi connectivity index (χ1) is 15.1. The maximum Gasteiger partial charge on any atom is 0.490 e. The number of hydrogen-bond acceptors (Lipinski definition) is 5. The number of primary amides is 1. The number of carbonyl (C=O) groups is 3. The van der Waals surface area contributed by atoms with Crippen molar-refractivity contribution < 1.29 is 32.7 Å². The van der Waals surface area contributed by atoms with Crippen LogP contribution in [0.4, 0.5) is 18.9 Å². The summed E-state index contributed by atoms with van der Waals surface area (Å²) < 4.78 is 31.7. The molecule has 1 aliphatic heterocycles. The Morgan fingerprint density at radius 1 is 1.03 bits per heavy atom. The third-order valence-electron chi connectivity index (χ3n) is 4.64.